The van der Waals surface area contributed by atoms with Crippen molar-refractivity contribution in [3.63, 3.8) is 0 Å². The van der Waals surface area contributed by atoms with E-state index in [2.05, 4.69) is 19.2 Å². The highest BCUT2D eigenvalue weighted by Gasteiger charge is 2.24. The molecule has 2 unspecified atom stereocenters. The highest BCUT2D eigenvalue weighted by atomic mass is 32.2. The van der Waals surface area contributed by atoms with Crippen LogP contribution in [0.2, 0.25) is 0 Å². The molecule has 0 bridgehead atoms. The molecular weight excluding hydrogens is 474 g/mol. The molecule has 7 heteroatoms. The van der Waals surface area contributed by atoms with Gasteiger partial charge < -0.3 is 10.4 Å². The van der Waals surface area contributed by atoms with Gasteiger partial charge in [0.05, 0.1) is 17.9 Å². The van der Waals surface area contributed by atoms with Gasteiger partial charge in [-0.1, -0.05) is 135 Å². The molecular formula is C29H57NO5S. The fourth-order valence-corrected chi connectivity index (χ4v) is 5.18. The molecule has 0 saturated heterocycles. The average Bonchev–Trinajstić information content (AvgIpc) is 2.82. The maximum absolute atomic E-state index is 12.3. The van der Waals surface area contributed by atoms with Crippen molar-refractivity contribution in [3.8, 4) is 0 Å². The van der Waals surface area contributed by atoms with Crippen LogP contribution in [0.25, 0.3) is 0 Å². The first-order chi connectivity index (χ1) is 17.3. The minimum absolute atomic E-state index is 0.285. The van der Waals surface area contributed by atoms with Crippen molar-refractivity contribution in [1.82, 2.24) is 5.32 Å². The molecule has 0 aliphatic rings. The number of rotatable bonds is 26. The monoisotopic (exact) mass is 531 g/mol. The summed E-state index contributed by atoms with van der Waals surface area (Å²) in [7, 11) is -4.32. The topological polar surface area (TPSA) is 104 Å². The number of carbonyl (C=O) groups is 1. The summed E-state index contributed by atoms with van der Waals surface area (Å²) in [6.45, 7) is 4.44. The van der Waals surface area contributed by atoms with Crippen molar-refractivity contribution in [2.75, 3.05) is 5.75 Å². The van der Waals surface area contributed by atoms with Crippen LogP contribution in [0.4, 0.5) is 0 Å². The fourth-order valence-electron chi connectivity index (χ4n) is 4.45. The van der Waals surface area contributed by atoms with Crippen molar-refractivity contribution < 1.29 is 22.9 Å². The Hall–Kier alpha value is -0.920. The zero-order valence-electron chi connectivity index (χ0n) is 23.4. The van der Waals surface area contributed by atoms with E-state index in [1.54, 1.807) is 6.08 Å². The smallest absolute Gasteiger partial charge is 0.267 e. The number of aliphatic hydroxyl groups excluding tert-OH is 1. The van der Waals surface area contributed by atoms with E-state index in [0.29, 0.717) is 6.42 Å². The minimum Gasteiger partial charge on any atom is -0.387 e. The molecule has 6 nitrogen and oxygen atoms in total. The van der Waals surface area contributed by atoms with Gasteiger partial charge >= 0.3 is 0 Å². The molecule has 0 radical (unpaired) electrons. The summed E-state index contributed by atoms with van der Waals surface area (Å²) in [5.74, 6) is -0.979. The van der Waals surface area contributed by atoms with E-state index < -0.39 is 28.0 Å². The van der Waals surface area contributed by atoms with Crippen LogP contribution in [0, 0.1) is 0 Å². The minimum atomic E-state index is -4.32. The summed E-state index contributed by atoms with van der Waals surface area (Å²) in [5.41, 5.74) is 0. The molecule has 0 aliphatic heterocycles. The lowest BCUT2D eigenvalue weighted by molar-refractivity contribution is -0.122. The molecule has 36 heavy (non-hydrogen) atoms. The molecule has 1 amide bonds. The second kappa shape index (κ2) is 24.4. The zero-order valence-corrected chi connectivity index (χ0v) is 24.2. The fraction of sp³-hybridized carbons (Fsp3) is 0.897. The highest BCUT2D eigenvalue weighted by molar-refractivity contribution is 7.85. The van der Waals surface area contributed by atoms with Gasteiger partial charge in [-0.15, -0.1) is 0 Å². The van der Waals surface area contributed by atoms with E-state index in [9.17, 15) is 22.9 Å². The molecule has 0 aromatic rings. The molecule has 0 saturated carbocycles. The molecule has 0 aromatic carbocycles. The van der Waals surface area contributed by atoms with Crippen LogP contribution in [0.15, 0.2) is 12.2 Å². The Morgan fingerprint density at radius 1 is 0.722 bits per heavy atom. The quantitative estimate of drug-likeness (QED) is 0.0609. The van der Waals surface area contributed by atoms with Crippen LogP contribution >= 0.6 is 0 Å². The maximum atomic E-state index is 12.3. The number of allylic oxidation sites excluding steroid dienone is 1. The number of nitrogens with one attached hydrogen (secondary N) is 1. The summed E-state index contributed by atoms with van der Waals surface area (Å²) >= 11 is 0. The van der Waals surface area contributed by atoms with Gasteiger partial charge in [-0.25, -0.2) is 0 Å². The first-order valence-corrected chi connectivity index (χ1v) is 16.5. The van der Waals surface area contributed by atoms with Crippen LogP contribution in [0.5, 0.6) is 0 Å². The largest absolute Gasteiger partial charge is 0.387 e. The number of unbranched alkanes of at least 4 members (excludes halogenated alkanes) is 18. The van der Waals surface area contributed by atoms with Crippen molar-refractivity contribution in [3.05, 3.63) is 12.2 Å². The van der Waals surface area contributed by atoms with E-state index >= 15 is 0 Å². The maximum Gasteiger partial charge on any atom is 0.267 e. The van der Waals surface area contributed by atoms with Crippen molar-refractivity contribution >= 4 is 16.0 Å². The van der Waals surface area contributed by atoms with E-state index in [0.717, 1.165) is 38.5 Å². The van der Waals surface area contributed by atoms with Crippen LogP contribution in [-0.4, -0.2) is 41.9 Å². The molecule has 0 fully saturated rings. The van der Waals surface area contributed by atoms with E-state index in [1.165, 1.54) is 89.9 Å². The molecule has 0 aromatic heterocycles. The van der Waals surface area contributed by atoms with Gasteiger partial charge in [-0.05, 0) is 19.3 Å². The second-order valence-electron chi connectivity index (χ2n) is 10.4. The SMILES string of the molecule is CCCCCCCCCCCCC/C=C/C(O)C(CS(=O)(=O)O)NC(=O)CCCCCCCCCC. The molecule has 2 atom stereocenters. The molecule has 3 N–H and O–H groups in total. The summed E-state index contributed by atoms with van der Waals surface area (Å²) in [4.78, 5) is 12.3. The van der Waals surface area contributed by atoms with E-state index in [4.69, 9.17) is 0 Å². The molecule has 214 valence electrons. The summed E-state index contributed by atoms with van der Waals surface area (Å²) in [6, 6.07) is -1.05. The molecule has 0 spiro atoms. The molecule has 0 rings (SSSR count). The van der Waals surface area contributed by atoms with Gasteiger partial charge in [0.2, 0.25) is 5.91 Å². The Morgan fingerprint density at radius 2 is 1.14 bits per heavy atom. The zero-order chi connectivity index (χ0) is 26.9. The lowest BCUT2D eigenvalue weighted by Crippen LogP contribution is -2.46. The third-order valence-electron chi connectivity index (χ3n) is 6.71. The number of hydrogen-bond donors (Lipinski definition) is 3. The number of carbonyl (C=O) groups excluding carboxylic acids is 1. The Labute approximate surface area is 222 Å². The van der Waals surface area contributed by atoms with Gasteiger partial charge in [0.25, 0.3) is 10.1 Å². The summed E-state index contributed by atoms with van der Waals surface area (Å²) in [6.07, 6.45) is 26.3. The van der Waals surface area contributed by atoms with Gasteiger partial charge in [0.1, 0.15) is 0 Å². The predicted octanol–water partition coefficient (Wildman–Crippen LogP) is 7.51. The number of amides is 1. The van der Waals surface area contributed by atoms with Crippen LogP contribution in [0.3, 0.4) is 0 Å². The molecule has 0 aliphatic carbocycles. The predicted molar refractivity (Wildman–Crippen MR) is 152 cm³/mol. The number of aliphatic hydroxyl groups is 1. The summed E-state index contributed by atoms with van der Waals surface area (Å²) < 4.78 is 32.0. The van der Waals surface area contributed by atoms with Crippen molar-refractivity contribution in [1.29, 1.82) is 0 Å². The van der Waals surface area contributed by atoms with Gasteiger partial charge in [-0.3, -0.25) is 9.35 Å². The Morgan fingerprint density at radius 3 is 1.58 bits per heavy atom. The third-order valence-corrected chi connectivity index (χ3v) is 7.49. The van der Waals surface area contributed by atoms with Gasteiger partial charge in [0.15, 0.2) is 0 Å². The lowest BCUT2D eigenvalue weighted by Gasteiger charge is -2.21. The lowest BCUT2D eigenvalue weighted by atomic mass is 10.0. The summed E-state index contributed by atoms with van der Waals surface area (Å²) in [5, 5.41) is 13.0. The van der Waals surface area contributed by atoms with Crippen LogP contribution < -0.4 is 5.32 Å². The third kappa shape index (κ3) is 24.8. The normalized spacial score (nSPS) is 13.8. The Balaban J connectivity index is 4.10. The first-order valence-electron chi connectivity index (χ1n) is 14.9. The first kappa shape index (κ1) is 35.1. The van der Waals surface area contributed by atoms with Gasteiger partial charge in [-0.2, -0.15) is 8.42 Å². The highest BCUT2D eigenvalue weighted by Crippen LogP contribution is 2.13. The average molecular weight is 532 g/mol. The van der Waals surface area contributed by atoms with Crippen molar-refractivity contribution in [2.24, 2.45) is 0 Å². The Bertz CT molecular complexity index is 636. The van der Waals surface area contributed by atoms with Crippen LogP contribution in [0.1, 0.15) is 149 Å². The second-order valence-corrected chi connectivity index (χ2v) is 11.9. The number of hydrogen-bond acceptors (Lipinski definition) is 4. The van der Waals surface area contributed by atoms with E-state index in [-0.39, 0.29) is 5.91 Å². The molecule has 0 heterocycles. The van der Waals surface area contributed by atoms with Crippen molar-refractivity contribution in [2.45, 2.75) is 161 Å². The van der Waals surface area contributed by atoms with E-state index in [1.807, 2.05) is 6.08 Å². The Kier molecular flexibility index (Phi) is 23.8. The van der Waals surface area contributed by atoms with Gasteiger partial charge in [0, 0.05) is 6.42 Å². The standard InChI is InChI=1S/C29H57NO5S/c1-3-5-7-9-11-13-14-15-16-17-18-20-22-24-28(31)27(26-36(33,34)35)30-29(32)25-23-21-19-12-10-8-6-4-2/h22,24,27-28,31H,3-21,23,25-26H2,1-2H3,(H,30,32)(H,33,34,35)/b24-22+. The van der Waals surface area contributed by atoms with Crippen LogP contribution in [-0.2, 0) is 14.9 Å².